The van der Waals surface area contributed by atoms with Gasteiger partial charge in [-0.25, -0.2) is 13.2 Å². The van der Waals surface area contributed by atoms with Crippen molar-refractivity contribution in [3.8, 4) is 0 Å². The molecule has 0 bridgehead atoms. The van der Waals surface area contributed by atoms with E-state index in [1.807, 2.05) is 62.3 Å². The number of sulfonamides is 1. The molecule has 5 amide bonds. The first-order valence-electron chi connectivity index (χ1n) is 17.7. The minimum absolute atomic E-state index is 0.0280. The number of likely N-dealkylation sites (tertiary alicyclic amines) is 1. The van der Waals surface area contributed by atoms with Crippen LogP contribution in [0.1, 0.15) is 99.8 Å². The molecule has 50 heavy (non-hydrogen) atoms. The van der Waals surface area contributed by atoms with E-state index in [0.717, 1.165) is 11.3 Å². The molecule has 0 spiro atoms. The van der Waals surface area contributed by atoms with Crippen LogP contribution in [0.15, 0.2) is 16.3 Å². The van der Waals surface area contributed by atoms with Gasteiger partial charge in [-0.2, -0.15) is 4.31 Å². The van der Waals surface area contributed by atoms with Gasteiger partial charge in [0, 0.05) is 37.1 Å². The molecule has 3 heterocycles. The van der Waals surface area contributed by atoms with Gasteiger partial charge in [0.25, 0.3) is 5.91 Å². The maximum atomic E-state index is 14.4. The molecule has 3 rings (SSSR count). The molecule has 2 aliphatic heterocycles. The van der Waals surface area contributed by atoms with Crippen molar-refractivity contribution in [1.82, 2.24) is 30.5 Å². The number of hydrogen-bond donors (Lipinski definition) is 4. The van der Waals surface area contributed by atoms with E-state index in [-0.39, 0.29) is 38.0 Å². The third-order valence-corrected chi connectivity index (χ3v) is 12.6. The number of amides is 5. The first kappa shape index (κ1) is 41.4. The standard InChI is InChI=1S/C35H58N6O7S2/c1-11-13-14-23(28(42)31(44)36-12-2)37-30(43)27-22(21(3)4)15-17-41(27)32(45)29(35(8,9)10)39-33(46)38-26(34(5,6)7)20-40-19-24-25(16-18-49-24)50(40,47)48/h16,18,21-23,26-27,29H,11-15,17,19-20H2,1-10H3,(H,36,44)(H,37,43)(H2,38,39,46)/t22-,23?,26-,27+,29-/m1/s1. The first-order chi connectivity index (χ1) is 23.1. The van der Waals surface area contributed by atoms with E-state index >= 15 is 0 Å². The molecule has 0 aromatic carbocycles. The quantitative estimate of drug-likeness (QED) is 0.211. The number of likely N-dealkylation sites (N-methyl/N-ethyl adjacent to an activating group) is 1. The van der Waals surface area contributed by atoms with Crippen LogP contribution in [0, 0.1) is 22.7 Å². The number of hydrogen-bond acceptors (Lipinski definition) is 8. The minimum atomic E-state index is -3.69. The number of unbranched alkanes of at least 4 members (excludes halogenated alkanes) is 1. The van der Waals surface area contributed by atoms with Crippen molar-refractivity contribution in [2.45, 2.75) is 131 Å². The Morgan fingerprint density at radius 3 is 2.18 bits per heavy atom. The maximum Gasteiger partial charge on any atom is 0.315 e. The summed E-state index contributed by atoms with van der Waals surface area (Å²) in [6.45, 7) is 19.7. The van der Waals surface area contributed by atoms with Gasteiger partial charge >= 0.3 is 6.03 Å². The molecule has 1 fully saturated rings. The Morgan fingerprint density at radius 1 is 0.980 bits per heavy atom. The summed E-state index contributed by atoms with van der Waals surface area (Å²) < 4.78 is 27.8. The smallest absolute Gasteiger partial charge is 0.315 e. The summed E-state index contributed by atoms with van der Waals surface area (Å²) in [5.41, 5.74) is -1.31. The second-order valence-electron chi connectivity index (χ2n) is 15.9. The first-order valence-corrected chi connectivity index (χ1v) is 20.0. The van der Waals surface area contributed by atoms with E-state index in [2.05, 4.69) is 21.3 Å². The Bertz CT molecular complexity index is 1510. The molecule has 0 radical (unpaired) electrons. The summed E-state index contributed by atoms with van der Waals surface area (Å²) in [5, 5.41) is 12.9. The zero-order valence-electron chi connectivity index (χ0n) is 31.3. The molecule has 1 aromatic rings. The molecule has 13 nitrogen and oxygen atoms in total. The molecular weight excluding hydrogens is 681 g/mol. The lowest BCUT2D eigenvalue weighted by Gasteiger charge is -2.38. The topological polar surface area (TPSA) is 174 Å². The largest absolute Gasteiger partial charge is 0.350 e. The number of rotatable bonds is 14. The summed E-state index contributed by atoms with van der Waals surface area (Å²) in [6.07, 6.45) is 2.23. The van der Waals surface area contributed by atoms with Crippen LogP contribution in [0.2, 0.25) is 0 Å². The lowest BCUT2D eigenvalue weighted by molar-refractivity contribution is -0.144. The monoisotopic (exact) mass is 738 g/mol. The summed E-state index contributed by atoms with van der Waals surface area (Å²) in [4.78, 5) is 70.2. The van der Waals surface area contributed by atoms with Crippen LogP contribution in [0.4, 0.5) is 4.79 Å². The molecule has 2 aliphatic rings. The lowest BCUT2D eigenvalue weighted by Crippen LogP contribution is -2.62. The van der Waals surface area contributed by atoms with Gasteiger partial charge in [-0.05, 0) is 53.9 Å². The fraction of sp³-hybridized carbons (Fsp3) is 0.743. The van der Waals surface area contributed by atoms with E-state index in [4.69, 9.17) is 0 Å². The molecule has 282 valence electrons. The fourth-order valence-corrected chi connectivity index (χ4v) is 9.47. The number of carbonyl (C=O) groups excluding carboxylic acids is 5. The molecule has 0 aliphatic carbocycles. The minimum Gasteiger partial charge on any atom is -0.350 e. The molecule has 5 atom stereocenters. The lowest BCUT2D eigenvalue weighted by atomic mass is 9.84. The average Bonchev–Trinajstić information content (AvgIpc) is 3.72. The van der Waals surface area contributed by atoms with E-state index in [0.29, 0.717) is 24.2 Å². The van der Waals surface area contributed by atoms with Crippen molar-refractivity contribution in [3.05, 3.63) is 16.3 Å². The third kappa shape index (κ3) is 9.64. The van der Waals surface area contributed by atoms with Crippen molar-refractivity contribution in [3.63, 3.8) is 0 Å². The second kappa shape index (κ2) is 16.5. The fourth-order valence-electron chi connectivity index (χ4n) is 6.54. The Labute approximate surface area is 302 Å². The third-order valence-electron chi connectivity index (χ3n) is 9.66. The number of nitrogens with zero attached hydrogens (tertiary/aromatic N) is 2. The molecule has 15 heteroatoms. The van der Waals surface area contributed by atoms with Gasteiger partial charge in [-0.3, -0.25) is 19.2 Å². The summed E-state index contributed by atoms with van der Waals surface area (Å²) >= 11 is 1.38. The van der Waals surface area contributed by atoms with Crippen molar-refractivity contribution in [1.29, 1.82) is 0 Å². The van der Waals surface area contributed by atoms with Crippen LogP contribution in [-0.4, -0.2) is 91.0 Å². The van der Waals surface area contributed by atoms with E-state index in [1.54, 1.807) is 18.4 Å². The zero-order valence-corrected chi connectivity index (χ0v) is 33.0. The second-order valence-corrected chi connectivity index (χ2v) is 18.8. The van der Waals surface area contributed by atoms with Crippen LogP contribution in [0.3, 0.4) is 0 Å². The highest BCUT2D eigenvalue weighted by Gasteiger charge is 2.48. The average molecular weight is 739 g/mol. The number of nitrogens with one attached hydrogen (secondary N) is 4. The summed E-state index contributed by atoms with van der Waals surface area (Å²) in [7, 11) is -3.69. The normalized spacial score (nSPS) is 20.9. The van der Waals surface area contributed by atoms with Crippen LogP contribution in [0.25, 0.3) is 0 Å². The highest BCUT2D eigenvalue weighted by atomic mass is 32.2. The molecule has 1 unspecified atom stereocenters. The highest BCUT2D eigenvalue weighted by molar-refractivity contribution is 7.89. The predicted molar refractivity (Wildman–Crippen MR) is 194 cm³/mol. The van der Waals surface area contributed by atoms with Gasteiger partial charge in [-0.1, -0.05) is 75.2 Å². The van der Waals surface area contributed by atoms with Crippen LogP contribution in [0.5, 0.6) is 0 Å². The Morgan fingerprint density at radius 2 is 1.64 bits per heavy atom. The molecule has 0 saturated carbocycles. The Balaban J connectivity index is 1.84. The van der Waals surface area contributed by atoms with Crippen molar-refractivity contribution in [2.24, 2.45) is 22.7 Å². The van der Waals surface area contributed by atoms with Gasteiger partial charge in [0.1, 0.15) is 12.1 Å². The van der Waals surface area contributed by atoms with Crippen molar-refractivity contribution in [2.75, 3.05) is 19.6 Å². The van der Waals surface area contributed by atoms with Gasteiger partial charge in [0.15, 0.2) is 0 Å². The predicted octanol–water partition coefficient (Wildman–Crippen LogP) is 3.63. The van der Waals surface area contributed by atoms with Crippen molar-refractivity contribution >= 4 is 50.9 Å². The molecule has 4 N–H and O–H groups in total. The highest BCUT2D eigenvalue weighted by Crippen LogP contribution is 2.36. The van der Waals surface area contributed by atoms with Crippen LogP contribution < -0.4 is 21.3 Å². The van der Waals surface area contributed by atoms with E-state index < -0.39 is 74.6 Å². The van der Waals surface area contributed by atoms with Crippen molar-refractivity contribution < 1.29 is 32.4 Å². The number of thiophene rings is 1. The Kier molecular flexibility index (Phi) is 13.7. The van der Waals surface area contributed by atoms with E-state index in [1.165, 1.54) is 20.5 Å². The van der Waals surface area contributed by atoms with Gasteiger partial charge in [-0.15, -0.1) is 11.3 Å². The van der Waals surface area contributed by atoms with Crippen LogP contribution in [-0.2, 0) is 35.7 Å². The van der Waals surface area contributed by atoms with Crippen LogP contribution >= 0.6 is 11.3 Å². The molecule has 1 saturated heterocycles. The van der Waals surface area contributed by atoms with Gasteiger partial charge < -0.3 is 26.2 Å². The molecular formula is C35H58N6O7S2. The number of urea groups is 1. The van der Waals surface area contributed by atoms with Gasteiger partial charge in [0.05, 0.1) is 10.9 Å². The van der Waals surface area contributed by atoms with E-state index in [9.17, 15) is 32.4 Å². The summed E-state index contributed by atoms with van der Waals surface area (Å²) in [6, 6.07) is -2.60. The number of Topliss-reactive ketones (excluding diaryl/α,β-unsaturated/α-hetero) is 1. The Hall–Kier alpha value is -3.04. The molecule has 1 aromatic heterocycles. The SMILES string of the molecule is CCCCC(NC(=O)[C@@H]1[C@@H](C(C)C)CCN1C(=O)[C@@H](NC(=O)N[C@H](CN1Cc2sccc2S1(=O)=O)C(C)(C)C)C(C)(C)C)C(=O)C(=O)NCC. The summed E-state index contributed by atoms with van der Waals surface area (Å²) in [5.74, 6) is -2.60. The number of ketones is 1. The maximum absolute atomic E-state index is 14.4. The number of fused-ring (bicyclic) bond motifs is 1. The zero-order chi connectivity index (χ0) is 37.8. The van der Waals surface area contributed by atoms with Gasteiger partial charge in [0.2, 0.25) is 27.6 Å². The number of carbonyl (C=O) groups is 5.